The molecular weight excluding hydrogens is 436 g/mol. The Morgan fingerprint density at radius 2 is 1.06 bits per heavy atom. The topological polar surface area (TPSA) is 67.4 Å². The van der Waals surface area contributed by atoms with Crippen molar-refractivity contribution >= 4 is 11.8 Å². The fourth-order valence-electron chi connectivity index (χ4n) is 3.77. The number of rotatable bonds is 6. The van der Waals surface area contributed by atoms with Crippen LogP contribution in [0, 0.1) is 0 Å². The van der Waals surface area contributed by atoms with E-state index < -0.39 is 6.17 Å². The number of nitrogens with one attached hydrogen (secondary N) is 2. The van der Waals surface area contributed by atoms with Crippen LogP contribution < -0.4 is 15.4 Å². The van der Waals surface area contributed by atoms with Crippen LogP contribution in [0.1, 0.15) is 85.1 Å². The molecule has 0 aromatic heterocycles. The Kier molecular flexibility index (Phi) is 7.69. The van der Waals surface area contributed by atoms with E-state index in [-0.39, 0.29) is 22.6 Å². The molecule has 0 aliphatic carbocycles. The van der Waals surface area contributed by atoms with Crippen LogP contribution in [0.5, 0.6) is 5.75 Å². The maximum atomic E-state index is 13.2. The Bertz CT molecular complexity index is 1100. The second-order valence-electron chi connectivity index (χ2n) is 10.8. The molecule has 0 saturated heterocycles. The lowest BCUT2D eigenvalue weighted by Gasteiger charge is -2.24. The molecule has 3 rings (SSSR count). The maximum absolute atomic E-state index is 13.2. The fourth-order valence-corrected chi connectivity index (χ4v) is 3.77. The predicted molar refractivity (Wildman–Crippen MR) is 141 cm³/mol. The zero-order valence-corrected chi connectivity index (χ0v) is 21.7. The van der Waals surface area contributed by atoms with E-state index in [0.717, 1.165) is 11.1 Å². The first-order valence-electron chi connectivity index (χ1n) is 11.9. The van der Waals surface area contributed by atoms with Crippen molar-refractivity contribution < 1.29 is 14.3 Å². The first kappa shape index (κ1) is 26.0. The second kappa shape index (κ2) is 10.3. The first-order chi connectivity index (χ1) is 16.4. The van der Waals surface area contributed by atoms with E-state index >= 15 is 0 Å². The van der Waals surface area contributed by atoms with Gasteiger partial charge in [0.05, 0.1) is 7.11 Å². The van der Waals surface area contributed by atoms with Crippen LogP contribution >= 0.6 is 0 Å². The number of amides is 2. The molecule has 3 aromatic carbocycles. The molecule has 3 aromatic rings. The van der Waals surface area contributed by atoms with E-state index in [4.69, 9.17) is 4.74 Å². The van der Waals surface area contributed by atoms with Crippen molar-refractivity contribution in [2.24, 2.45) is 0 Å². The van der Waals surface area contributed by atoms with E-state index in [1.807, 2.05) is 66.7 Å². The number of hydrogen-bond donors (Lipinski definition) is 2. The average Bonchev–Trinajstić information content (AvgIpc) is 2.82. The number of para-hydroxylation sites is 1. The van der Waals surface area contributed by atoms with Crippen LogP contribution in [-0.2, 0) is 10.8 Å². The van der Waals surface area contributed by atoms with Crippen LogP contribution in [0.2, 0.25) is 0 Å². The van der Waals surface area contributed by atoms with Gasteiger partial charge in [-0.05, 0) is 52.3 Å². The SMILES string of the molecule is COc1ccccc1C(NC(=O)c1ccc(C(C)(C)C)cc1)NC(=O)c1ccc(C(C)(C)C)cc1. The highest BCUT2D eigenvalue weighted by molar-refractivity contribution is 5.97. The van der Waals surface area contributed by atoms with Gasteiger partial charge in [-0.3, -0.25) is 9.59 Å². The molecule has 0 aliphatic heterocycles. The molecule has 2 amide bonds. The lowest BCUT2D eigenvalue weighted by atomic mass is 9.86. The zero-order chi connectivity index (χ0) is 25.8. The van der Waals surface area contributed by atoms with E-state index in [1.54, 1.807) is 13.2 Å². The van der Waals surface area contributed by atoms with Gasteiger partial charge in [0.1, 0.15) is 11.9 Å². The minimum absolute atomic E-state index is 0.00847. The van der Waals surface area contributed by atoms with Crippen LogP contribution in [0.4, 0.5) is 0 Å². The van der Waals surface area contributed by atoms with Gasteiger partial charge in [-0.1, -0.05) is 84.0 Å². The number of ether oxygens (including phenoxy) is 1. The van der Waals surface area contributed by atoms with Crippen molar-refractivity contribution in [1.82, 2.24) is 10.6 Å². The van der Waals surface area contributed by atoms with Gasteiger partial charge in [0.25, 0.3) is 11.8 Å². The molecule has 5 nitrogen and oxygen atoms in total. The summed E-state index contributed by atoms with van der Waals surface area (Å²) in [4.78, 5) is 26.3. The van der Waals surface area contributed by atoms with E-state index in [0.29, 0.717) is 22.4 Å². The molecule has 0 unspecified atom stereocenters. The van der Waals surface area contributed by atoms with Gasteiger partial charge in [0.15, 0.2) is 0 Å². The molecule has 35 heavy (non-hydrogen) atoms. The Labute approximate surface area is 208 Å². The molecule has 0 heterocycles. The Hall–Kier alpha value is -3.60. The normalized spacial score (nSPS) is 11.8. The van der Waals surface area contributed by atoms with Crippen LogP contribution in [0.15, 0.2) is 72.8 Å². The number of methoxy groups -OCH3 is 1. The van der Waals surface area contributed by atoms with Crippen molar-refractivity contribution in [1.29, 1.82) is 0 Å². The third-order valence-corrected chi connectivity index (χ3v) is 6.03. The second-order valence-corrected chi connectivity index (χ2v) is 10.8. The maximum Gasteiger partial charge on any atom is 0.253 e. The summed E-state index contributed by atoms with van der Waals surface area (Å²) in [7, 11) is 1.57. The Balaban J connectivity index is 1.87. The number of benzene rings is 3. The van der Waals surface area contributed by atoms with Crippen LogP contribution in [0.3, 0.4) is 0 Å². The van der Waals surface area contributed by atoms with Crippen molar-refractivity contribution in [2.45, 2.75) is 58.5 Å². The summed E-state index contributed by atoms with van der Waals surface area (Å²) in [6, 6.07) is 22.4. The van der Waals surface area contributed by atoms with Gasteiger partial charge >= 0.3 is 0 Å². The third-order valence-electron chi connectivity index (χ3n) is 6.03. The molecule has 0 bridgehead atoms. The zero-order valence-electron chi connectivity index (χ0n) is 21.7. The van der Waals surface area contributed by atoms with E-state index in [2.05, 4.69) is 52.2 Å². The summed E-state index contributed by atoms with van der Waals surface area (Å²) < 4.78 is 5.50. The quantitative estimate of drug-likeness (QED) is 0.423. The van der Waals surface area contributed by atoms with Crippen LogP contribution in [-0.4, -0.2) is 18.9 Å². The van der Waals surface area contributed by atoms with E-state index in [9.17, 15) is 9.59 Å². The molecule has 0 fully saturated rings. The largest absolute Gasteiger partial charge is 0.496 e. The molecule has 0 atom stereocenters. The molecule has 0 radical (unpaired) electrons. The summed E-state index contributed by atoms with van der Waals surface area (Å²) in [6.45, 7) is 12.8. The van der Waals surface area contributed by atoms with Gasteiger partial charge in [-0.15, -0.1) is 0 Å². The minimum atomic E-state index is -0.782. The van der Waals surface area contributed by atoms with Gasteiger partial charge in [0.2, 0.25) is 0 Å². The summed E-state index contributed by atoms with van der Waals surface area (Å²) in [5.74, 6) is -0.00115. The van der Waals surface area contributed by atoms with Gasteiger partial charge in [-0.2, -0.15) is 0 Å². The average molecular weight is 473 g/mol. The molecule has 184 valence electrons. The standard InChI is InChI=1S/C30H36N2O3/c1-29(2,3)22-16-12-20(13-17-22)27(33)31-26(24-10-8-9-11-25(24)35-7)32-28(34)21-14-18-23(19-15-21)30(4,5)6/h8-19,26H,1-7H3,(H,31,33)(H,32,34). The lowest BCUT2D eigenvalue weighted by molar-refractivity contribution is 0.0882. The summed E-state index contributed by atoms with van der Waals surface area (Å²) in [5.41, 5.74) is 3.96. The van der Waals surface area contributed by atoms with Crippen molar-refractivity contribution in [3.8, 4) is 5.75 Å². The molecule has 0 saturated carbocycles. The van der Waals surface area contributed by atoms with E-state index in [1.165, 1.54) is 0 Å². The molecule has 0 spiro atoms. The monoisotopic (exact) mass is 472 g/mol. The predicted octanol–water partition coefficient (Wildman–Crippen LogP) is 6.15. The first-order valence-corrected chi connectivity index (χ1v) is 11.9. The number of hydrogen-bond acceptors (Lipinski definition) is 3. The Morgan fingerprint density at radius 1 is 0.657 bits per heavy atom. The van der Waals surface area contributed by atoms with Gasteiger partial charge in [0, 0.05) is 16.7 Å². The highest BCUT2D eigenvalue weighted by atomic mass is 16.5. The van der Waals surface area contributed by atoms with Crippen molar-refractivity contribution in [2.75, 3.05) is 7.11 Å². The van der Waals surface area contributed by atoms with Gasteiger partial charge in [-0.25, -0.2) is 0 Å². The fraction of sp³-hybridized carbons (Fsp3) is 0.333. The van der Waals surface area contributed by atoms with Crippen molar-refractivity contribution in [3.63, 3.8) is 0 Å². The number of carbonyl (C=O) groups excluding carboxylic acids is 2. The molecular formula is C30H36N2O3. The van der Waals surface area contributed by atoms with Crippen molar-refractivity contribution in [3.05, 3.63) is 101 Å². The molecule has 2 N–H and O–H groups in total. The number of carbonyl (C=O) groups is 2. The van der Waals surface area contributed by atoms with Crippen LogP contribution in [0.25, 0.3) is 0 Å². The van der Waals surface area contributed by atoms with Gasteiger partial charge < -0.3 is 15.4 Å². The lowest BCUT2D eigenvalue weighted by Crippen LogP contribution is -2.41. The summed E-state index contributed by atoms with van der Waals surface area (Å²) in [6.07, 6.45) is -0.782. The summed E-state index contributed by atoms with van der Waals surface area (Å²) in [5, 5.41) is 5.94. The highest BCUT2D eigenvalue weighted by Gasteiger charge is 2.23. The summed E-state index contributed by atoms with van der Waals surface area (Å²) >= 11 is 0. The third kappa shape index (κ3) is 6.50. The molecule has 5 heteroatoms. The minimum Gasteiger partial charge on any atom is -0.496 e. The molecule has 0 aliphatic rings. The Morgan fingerprint density at radius 3 is 1.43 bits per heavy atom. The smallest absolute Gasteiger partial charge is 0.253 e. The highest BCUT2D eigenvalue weighted by Crippen LogP contribution is 2.26.